The molecule has 0 aliphatic rings. The summed E-state index contributed by atoms with van der Waals surface area (Å²) in [5.74, 6) is 0.852. The van der Waals surface area contributed by atoms with E-state index < -0.39 is 0 Å². The van der Waals surface area contributed by atoms with Gasteiger partial charge in [0.25, 0.3) is 11.8 Å². The first kappa shape index (κ1) is 22.8. The summed E-state index contributed by atoms with van der Waals surface area (Å²) in [5.41, 5.74) is 2.44. The van der Waals surface area contributed by atoms with Gasteiger partial charge in [-0.1, -0.05) is 24.3 Å². The maximum atomic E-state index is 12.4. The van der Waals surface area contributed by atoms with Crippen LogP contribution in [0.15, 0.2) is 106 Å². The molecule has 4 aromatic rings. The van der Waals surface area contributed by atoms with Crippen molar-refractivity contribution < 1.29 is 14.3 Å². The van der Waals surface area contributed by atoms with Gasteiger partial charge in [-0.15, -0.1) is 0 Å². The van der Waals surface area contributed by atoms with Gasteiger partial charge < -0.3 is 15.4 Å². The molecule has 4 rings (SSSR count). The standard InChI is InChI=1S/C26H18Br2N2O3/c27-23-7-3-1-5-21(23)25(31)29-17-9-13-19(14-10-17)33-20-15-11-18(12-16-20)30-26(32)22-6-2-4-8-24(22)28/h1-16H,(H,29,31)(H,30,32). The Morgan fingerprint density at radius 3 is 1.27 bits per heavy atom. The Morgan fingerprint density at radius 2 is 0.909 bits per heavy atom. The second-order valence-corrected chi connectivity index (χ2v) is 8.73. The fourth-order valence-electron chi connectivity index (χ4n) is 3.04. The van der Waals surface area contributed by atoms with Crippen LogP contribution in [0.4, 0.5) is 11.4 Å². The van der Waals surface area contributed by atoms with Crippen molar-refractivity contribution in [3.8, 4) is 11.5 Å². The molecule has 33 heavy (non-hydrogen) atoms. The quantitative estimate of drug-likeness (QED) is 0.254. The van der Waals surface area contributed by atoms with Crippen LogP contribution in [0.2, 0.25) is 0 Å². The Labute approximate surface area is 208 Å². The SMILES string of the molecule is O=C(Nc1ccc(Oc2ccc(NC(=O)c3ccccc3Br)cc2)cc1)c1ccccc1Br. The normalized spacial score (nSPS) is 10.4. The number of hydrogen-bond donors (Lipinski definition) is 2. The van der Waals surface area contributed by atoms with Gasteiger partial charge in [0.05, 0.1) is 11.1 Å². The van der Waals surface area contributed by atoms with Crippen molar-refractivity contribution in [2.24, 2.45) is 0 Å². The molecule has 2 amide bonds. The fourth-order valence-corrected chi connectivity index (χ4v) is 3.97. The Morgan fingerprint density at radius 1 is 0.545 bits per heavy atom. The van der Waals surface area contributed by atoms with Gasteiger partial charge in [0, 0.05) is 20.3 Å². The number of carbonyl (C=O) groups excluding carboxylic acids is 2. The number of benzene rings is 4. The third kappa shape index (κ3) is 5.88. The molecule has 0 spiro atoms. The highest BCUT2D eigenvalue weighted by atomic mass is 79.9. The van der Waals surface area contributed by atoms with Crippen molar-refractivity contribution in [2.75, 3.05) is 10.6 Å². The van der Waals surface area contributed by atoms with E-state index in [2.05, 4.69) is 42.5 Å². The number of ether oxygens (including phenoxy) is 1. The Bertz CT molecular complexity index is 1190. The molecule has 0 radical (unpaired) electrons. The average Bonchev–Trinajstić information content (AvgIpc) is 2.82. The second-order valence-electron chi connectivity index (χ2n) is 7.02. The topological polar surface area (TPSA) is 67.4 Å². The highest BCUT2D eigenvalue weighted by molar-refractivity contribution is 9.10. The lowest BCUT2D eigenvalue weighted by Crippen LogP contribution is -2.12. The minimum Gasteiger partial charge on any atom is -0.457 e. The Kier molecular flexibility index (Phi) is 7.22. The molecule has 0 saturated carbocycles. The molecule has 7 heteroatoms. The highest BCUT2D eigenvalue weighted by Crippen LogP contribution is 2.26. The molecule has 5 nitrogen and oxygen atoms in total. The lowest BCUT2D eigenvalue weighted by atomic mass is 10.2. The van der Waals surface area contributed by atoms with Crippen LogP contribution in [0.3, 0.4) is 0 Å². The van der Waals surface area contributed by atoms with Crippen molar-refractivity contribution >= 4 is 55.0 Å². The molecule has 0 heterocycles. The molecular formula is C26H18Br2N2O3. The number of nitrogens with one attached hydrogen (secondary N) is 2. The molecule has 164 valence electrons. The van der Waals surface area contributed by atoms with Gasteiger partial charge in [-0.25, -0.2) is 0 Å². The summed E-state index contributed by atoms with van der Waals surface area (Å²) >= 11 is 6.77. The summed E-state index contributed by atoms with van der Waals surface area (Å²) in [6, 6.07) is 28.7. The van der Waals surface area contributed by atoms with Crippen molar-refractivity contribution in [1.29, 1.82) is 0 Å². The van der Waals surface area contributed by atoms with E-state index in [-0.39, 0.29) is 11.8 Å². The molecule has 0 saturated heterocycles. The minimum absolute atomic E-state index is 0.198. The summed E-state index contributed by atoms with van der Waals surface area (Å²) < 4.78 is 7.33. The zero-order valence-corrected chi connectivity index (χ0v) is 20.4. The summed E-state index contributed by atoms with van der Waals surface area (Å²) in [4.78, 5) is 24.8. The van der Waals surface area contributed by atoms with E-state index in [0.717, 1.165) is 8.95 Å². The van der Waals surface area contributed by atoms with Crippen molar-refractivity contribution in [3.63, 3.8) is 0 Å². The van der Waals surface area contributed by atoms with Gasteiger partial charge in [0.15, 0.2) is 0 Å². The van der Waals surface area contributed by atoms with E-state index in [1.54, 1.807) is 60.7 Å². The third-order valence-corrected chi connectivity index (χ3v) is 6.08. The number of amides is 2. The van der Waals surface area contributed by atoms with Crippen LogP contribution in [0.1, 0.15) is 20.7 Å². The first-order valence-corrected chi connectivity index (χ1v) is 11.6. The zero-order chi connectivity index (χ0) is 23.2. The number of anilines is 2. The van der Waals surface area contributed by atoms with Crippen LogP contribution in [0.5, 0.6) is 11.5 Å². The van der Waals surface area contributed by atoms with E-state index in [0.29, 0.717) is 34.0 Å². The van der Waals surface area contributed by atoms with Crippen LogP contribution < -0.4 is 15.4 Å². The lowest BCUT2D eigenvalue weighted by Gasteiger charge is -2.10. The van der Waals surface area contributed by atoms with Crippen molar-refractivity contribution in [2.45, 2.75) is 0 Å². The van der Waals surface area contributed by atoms with Gasteiger partial charge in [0.2, 0.25) is 0 Å². The Hall–Kier alpha value is -3.42. The lowest BCUT2D eigenvalue weighted by molar-refractivity contribution is 0.101. The van der Waals surface area contributed by atoms with E-state index in [9.17, 15) is 9.59 Å². The summed E-state index contributed by atoms with van der Waals surface area (Å²) in [5, 5.41) is 5.73. The molecule has 0 unspecified atom stereocenters. The second kappa shape index (κ2) is 10.5. The maximum Gasteiger partial charge on any atom is 0.256 e. The zero-order valence-electron chi connectivity index (χ0n) is 17.2. The predicted molar refractivity (Wildman–Crippen MR) is 137 cm³/mol. The van der Waals surface area contributed by atoms with E-state index in [1.165, 1.54) is 0 Å². The fraction of sp³-hybridized carbons (Fsp3) is 0. The van der Waals surface area contributed by atoms with Crippen LogP contribution in [-0.2, 0) is 0 Å². The van der Waals surface area contributed by atoms with Gasteiger partial charge >= 0.3 is 0 Å². The van der Waals surface area contributed by atoms with Crippen molar-refractivity contribution in [3.05, 3.63) is 117 Å². The molecule has 4 aromatic carbocycles. The first-order chi connectivity index (χ1) is 16.0. The molecule has 0 aliphatic carbocycles. The van der Waals surface area contributed by atoms with E-state index >= 15 is 0 Å². The van der Waals surface area contributed by atoms with Crippen LogP contribution in [0.25, 0.3) is 0 Å². The Balaban J connectivity index is 1.35. The summed E-state index contributed by atoms with van der Waals surface area (Å²) in [6.45, 7) is 0. The number of carbonyl (C=O) groups is 2. The molecular weight excluding hydrogens is 548 g/mol. The molecule has 0 atom stereocenters. The smallest absolute Gasteiger partial charge is 0.256 e. The van der Waals surface area contributed by atoms with Crippen LogP contribution in [0, 0.1) is 0 Å². The number of rotatable bonds is 6. The van der Waals surface area contributed by atoms with Crippen LogP contribution >= 0.6 is 31.9 Å². The largest absolute Gasteiger partial charge is 0.457 e. The van der Waals surface area contributed by atoms with E-state index in [4.69, 9.17) is 4.74 Å². The molecule has 0 aromatic heterocycles. The highest BCUT2D eigenvalue weighted by Gasteiger charge is 2.11. The maximum absolute atomic E-state index is 12.4. The predicted octanol–water partition coefficient (Wildman–Crippen LogP) is 7.51. The van der Waals surface area contributed by atoms with E-state index in [1.807, 2.05) is 36.4 Å². The average molecular weight is 566 g/mol. The summed E-state index contributed by atoms with van der Waals surface area (Å²) in [7, 11) is 0. The minimum atomic E-state index is -0.198. The van der Waals surface area contributed by atoms with Crippen LogP contribution in [-0.4, -0.2) is 11.8 Å². The first-order valence-electron chi connectivity index (χ1n) is 9.99. The number of halogens is 2. The molecule has 2 N–H and O–H groups in total. The summed E-state index contributed by atoms with van der Waals surface area (Å²) in [6.07, 6.45) is 0. The molecule has 0 bridgehead atoms. The third-order valence-electron chi connectivity index (χ3n) is 4.70. The van der Waals surface area contributed by atoms with Gasteiger partial charge in [-0.3, -0.25) is 9.59 Å². The molecule has 0 fully saturated rings. The van der Waals surface area contributed by atoms with Gasteiger partial charge in [0.1, 0.15) is 11.5 Å². The van der Waals surface area contributed by atoms with Gasteiger partial charge in [-0.05, 0) is 105 Å². The van der Waals surface area contributed by atoms with Crippen molar-refractivity contribution in [1.82, 2.24) is 0 Å². The van der Waals surface area contributed by atoms with Gasteiger partial charge in [-0.2, -0.15) is 0 Å². The molecule has 0 aliphatic heterocycles. The number of hydrogen-bond acceptors (Lipinski definition) is 3. The monoisotopic (exact) mass is 564 g/mol.